The van der Waals surface area contributed by atoms with Crippen LogP contribution in [0, 0.1) is 17.8 Å². The number of aliphatic hydroxyl groups is 6. The number of methoxy groups -OCH3 is 1. The number of aliphatic hydroxyl groups excluding tert-OH is 4. The van der Waals surface area contributed by atoms with Gasteiger partial charge in [-0.05, 0) is 94.2 Å². The lowest BCUT2D eigenvalue weighted by atomic mass is 9.77. The van der Waals surface area contributed by atoms with Gasteiger partial charge in [-0.2, -0.15) is 0 Å². The number of hydrogen-bond acceptors (Lipinski definition) is 15. The van der Waals surface area contributed by atoms with Crippen molar-refractivity contribution in [3.63, 3.8) is 0 Å². The highest BCUT2D eigenvalue weighted by Crippen LogP contribution is 2.40. The van der Waals surface area contributed by atoms with Crippen LogP contribution in [0.15, 0.2) is 0 Å². The molecule has 0 saturated carbocycles. The normalized spacial score (nSPS) is 47.5. The van der Waals surface area contributed by atoms with E-state index in [2.05, 4.69) is 0 Å². The van der Waals surface area contributed by atoms with Gasteiger partial charge in [-0.1, -0.05) is 27.7 Å². The summed E-state index contributed by atoms with van der Waals surface area (Å²) in [6.45, 7) is 20.1. The Morgan fingerprint density at radius 1 is 0.964 bits per heavy atom. The second-order valence-corrected chi connectivity index (χ2v) is 18.2. The fraction of sp³-hybridized carbons (Fsp3) is 0.976. The summed E-state index contributed by atoms with van der Waals surface area (Å²) < 4.78 is 37.8. The van der Waals surface area contributed by atoms with Crippen LogP contribution in [-0.4, -0.2) is 177 Å². The maximum atomic E-state index is 14.3. The molecular formula is C41H78N2O13. The van der Waals surface area contributed by atoms with E-state index in [1.165, 1.54) is 14.0 Å². The van der Waals surface area contributed by atoms with Crippen molar-refractivity contribution in [2.45, 2.75) is 205 Å². The molecular weight excluding hydrogens is 728 g/mol. The number of esters is 1. The molecule has 3 heterocycles. The van der Waals surface area contributed by atoms with E-state index in [0.29, 0.717) is 25.9 Å². The monoisotopic (exact) mass is 807 g/mol. The third kappa shape index (κ3) is 11.4. The molecule has 6 N–H and O–H groups in total. The van der Waals surface area contributed by atoms with Gasteiger partial charge >= 0.3 is 5.97 Å². The largest absolute Gasteiger partial charge is 0.459 e. The molecule has 0 bridgehead atoms. The molecule has 330 valence electrons. The first-order valence-electron chi connectivity index (χ1n) is 20.8. The highest BCUT2D eigenvalue weighted by atomic mass is 16.7. The fourth-order valence-electron chi connectivity index (χ4n) is 9.26. The van der Waals surface area contributed by atoms with Crippen molar-refractivity contribution in [1.82, 2.24) is 9.80 Å². The van der Waals surface area contributed by atoms with Gasteiger partial charge in [-0.15, -0.1) is 0 Å². The molecule has 3 saturated heterocycles. The first-order valence-corrected chi connectivity index (χ1v) is 20.8. The average molecular weight is 807 g/mol. The van der Waals surface area contributed by atoms with Gasteiger partial charge in [-0.3, -0.25) is 9.69 Å². The molecule has 19 atom stereocenters. The van der Waals surface area contributed by atoms with E-state index in [-0.39, 0.29) is 31.3 Å². The Bertz CT molecular complexity index is 1230. The van der Waals surface area contributed by atoms with Crippen LogP contribution in [0.25, 0.3) is 0 Å². The molecule has 0 spiro atoms. The van der Waals surface area contributed by atoms with E-state index in [9.17, 15) is 35.4 Å². The number of ether oxygens (including phenoxy) is 6. The second kappa shape index (κ2) is 20.0. The smallest absolute Gasteiger partial charge is 0.311 e. The van der Waals surface area contributed by atoms with Crippen molar-refractivity contribution in [1.29, 1.82) is 0 Å². The summed E-state index contributed by atoms with van der Waals surface area (Å²) >= 11 is 0. The molecule has 3 rings (SSSR count). The Morgan fingerprint density at radius 3 is 2.16 bits per heavy atom. The molecule has 0 aromatic rings. The number of carbonyl (C=O) groups excluding carboxylic acids is 1. The van der Waals surface area contributed by atoms with Crippen LogP contribution in [0.2, 0.25) is 0 Å². The number of hydrogen-bond donors (Lipinski definition) is 6. The third-order valence-corrected chi connectivity index (χ3v) is 13.1. The summed E-state index contributed by atoms with van der Waals surface area (Å²) in [5, 5.41) is 69.1. The summed E-state index contributed by atoms with van der Waals surface area (Å²) in [5.74, 6) is -2.72. The number of cyclic esters (lactones) is 1. The molecule has 56 heavy (non-hydrogen) atoms. The number of rotatable bonds is 10. The maximum Gasteiger partial charge on any atom is 0.311 e. The highest BCUT2D eigenvalue weighted by Gasteiger charge is 2.52. The molecule has 2 unspecified atom stereocenters. The van der Waals surface area contributed by atoms with Crippen molar-refractivity contribution >= 4 is 5.97 Å². The van der Waals surface area contributed by atoms with E-state index in [4.69, 9.17) is 28.4 Å². The van der Waals surface area contributed by atoms with E-state index >= 15 is 0 Å². The van der Waals surface area contributed by atoms with Gasteiger partial charge in [0.15, 0.2) is 12.6 Å². The molecule has 15 nitrogen and oxygen atoms in total. The SMILES string of the molecule is CCC(O)CN(C)C1C[C@@H](C)O[C@@H](O[C@@H]2[C@@H](C)[C@H](O[C@H]3C[C@@](C)(OC)[C@@H](O)[C@H](C)O3)[C@@H](C)C(=O)O[C@H](CC)[C@@](C)(O)[C@H](O)[C@@H](C)N(C)C[C@H](C)C[C@@]2(C)O)[C@@H]1O. The van der Waals surface area contributed by atoms with Crippen LogP contribution in [-0.2, 0) is 33.2 Å². The second-order valence-electron chi connectivity index (χ2n) is 18.2. The van der Waals surface area contributed by atoms with Gasteiger partial charge in [0.05, 0.1) is 47.6 Å². The quantitative estimate of drug-likeness (QED) is 0.175. The first kappa shape index (κ1) is 49.3. The van der Waals surface area contributed by atoms with Gasteiger partial charge in [0, 0.05) is 44.6 Å². The van der Waals surface area contributed by atoms with Crippen LogP contribution in [0.3, 0.4) is 0 Å². The standard InChI is InChI=1S/C41H78N2O13/c1-15-28(44)21-43(13)29-17-23(4)52-38(32(29)45)56-36-24(5)33(55-31-19-40(10,51-14)35(47)27(8)53-31)25(6)37(48)54-30(16-2)41(11,50)34(46)26(7)42(12)20-22(3)18-39(36,9)49/h22-36,38,44-47,49-50H,15-21H2,1-14H3/t22-,23-,24+,25-,26-,27+,28?,29?,30-,31+,32-,33+,34-,35+,36-,38+,39-,40-,41-/m1/s1. The zero-order chi connectivity index (χ0) is 42.7. The third-order valence-electron chi connectivity index (χ3n) is 13.1. The molecule has 0 radical (unpaired) electrons. The minimum Gasteiger partial charge on any atom is -0.459 e. The molecule has 0 aliphatic carbocycles. The summed E-state index contributed by atoms with van der Waals surface area (Å²) in [6, 6.07) is -0.985. The number of likely N-dealkylation sites (N-methyl/N-ethyl adjacent to an activating group) is 2. The Balaban J connectivity index is 2.17. The molecule has 0 aromatic heterocycles. The van der Waals surface area contributed by atoms with Crippen molar-refractivity contribution < 1.29 is 63.9 Å². The predicted octanol–water partition coefficient (Wildman–Crippen LogP) is 2.04. The Kier molecular flexibility index (Phi) is 17.6. The number of carbonyl (C=O) groups is 1. The van der Waals surface area contributed by atoms with E-state index < -0.39 is 108 Å². The minimum absolute atomic E-state index is 0.112. The predicted molar refractivity (Wildman–Crippen MR) is 209 cm³/mol. The molecule has 15 heteroatoms. The fourth-order valence-corrected chi connectivity index (χ4v) is 9.26. The lowest BCUT2D eigenvalue weighted by Crippen LogP contribution is -2.61. The minimum atomic E-state index is -1.82. The Hall–Kier alpha value is -1.05. The first-order chi connectivity index (χ1) is 25.8. The van der Waals surface area contributed by atoms with Crippen LogP contribution in [0.4, 0.5) is 0 Å². The van der Waals surface area contributed by atoms with Crippen LogP contribution >= 0.6 is 0 Å². The number of nitrogens with zero attached hydrogens (tertiary/aromatic N) is 2. The van der Waals surface area contributed by atoms with Gasteiger partial charge in [0.25, 0.3) is 0 Å². The van der Waals surface area contributed by atoms with Crippen molar-refractivity contribution in [2.24, 2.45) is 17.8 Å². The van der Waals surface area contributed by atoms with E-state index in [1.54, 1.807) is 48.5 Å². The van der Waals surface area contributed by atoms with Crippen LogP contribution in [0.1, 0.15) is 108 Å². The summed E-state index contributed by atoms with van der Waals surface area (Å²) in [5.41, 5.74) is -4.47. The van der Waals surface area contributed by atoms with Crippen molar-refractivity contribution in [2.75, 3.05) is 34.3 Å². The molecule has 3 aliphatic heterocycles. The van der Waals surface area contributed by atoms with E-state index in [0.717, 1.165) is 0 Å². The Morgan fingerprint density at radius 2 is 1.59 bits per heavy atom. The molecule has 0 aromatic carbocycles. The lowest BCUT2D eigenvalue weighted by Gasteiger charge is -2.49. The van der Waals surface area contributed by atoms with Crippen molar-refractivity contribution in [3.05, 3.63) is 0 Å². The zero-order valence-corrected chi connectivity index (χ0v) is 36.6. The maximum absolute atomic E-state index is 14.3. The molecule has 3 aliphatic rings. The summed E-state index contributed by atoms with van der Waals surface area (Å²) in [7, 11) is 5.17. The molecule has 3 fully saturated rings. The van der Waals surface area contributed by atoms with Gasteiger partial charge in [0.1, 0.15) is 30.0 Å². The average Bonchev–Trinajstić information content (AvgIpc) is 3.12. The lowest BCUT2D eigenvalue weighted by molar-refractivity contribution is -0.318. The van der Waals surface area contributed by atoms with Gasteiger partial charge in [-0.25, -0.2) is 0 Å². The van der Waals surface area contributed by atoms with E-state index in [1.807, 2.05) is 44.7 Å². The molecule has 0 amide bonds. The summed E-state index contributed by atoms with van der Waals surface area (Å²) in [4.78, 5) is 18.1. The highest BCUT2D eigenvalue weighted by molar-refractivity contribution is 5.73. The van der Waals surface area contributed by atoms with Gasteiger partial charge in [0.2, 0.25) is 0 Å². The van der Waals surface area contributed by atoms with Crippen molar-refractivity contribution in [3.8, 4) is 0 Å². The zero-order valence-electron chi connectivity index (χ0n) is 36.6. The van der Waals surface area contributed by atoms with Gasteiger partial charge < -0.3 is 64.0 Å². The topological polar surface area (TPSA) is 200 Å². The Labute approximate surface area is 335 Å². The van der Waals surface area contributed by atoms with Crippen LogP contribution < -0.4 is 0 Å². The van der Waals surface area contributed by atoms with Crippen LogP contribution in [0.5, 0.6) is 0 Å². The summed E-state index contributed by atoms with van der Waals surface area (Å²) in [6.07, 6.45) is -8.88.